The van der Waals surface area contributed by atoms with Crippen LogP contribution in [-0.4, -0.2) is 28.4 Å². The minimum Gasteiger partial charge on any atom is -0.352 e. The third-order valence-corrected chi connectivity index (χ3v) is 3.52. The molecule has 0 spiro atoms. The summed E-state index contributed by atoms with van der Waals surface area (Å²) in [5.41, 5.74) is 1.14. The van der Waals surface area contributed by atoms with Crippen molar-refractivity contribution in [3.63, 3.8) is 0 Å². The highest BCUT2D eigenvalue weighted by molar-refractivity contribution is 6.18. The highest BCUT2D eigenvalue weighted by Crippen LogP contribution is 2.28. The van der Waals surface area contributed by atoms with E-state index in [0.717, 1.165) is 30.9 Å². The summed E-state index contributed by atoms with van der Waals surface area (Å²) in [4.78, 5) is 11.0. The van der Waals surface area contributed by atoms with Gasteiger partial charge in [-0.3, -0.25) is 0 Å². The summed E-state index contributed by atoms with van der Waals surface area (Å²) in [6, 6.07) is 2.76. The Labute approximate surface area is 108 Å². The van der Waals surface area contributed by atoms with Gasteiger partial charge in [0.2, 0.25) is 0 Å². The number of nitrogens with zero attached hydrogens (tertiary/aromatic N) is 3. The summed E-state index contributed by atoms with van der Waals surface area (Å²) in [6.45, 7) is 3.05. The van der Waals surface area contributed by atoms with Crippen molar-refractivity contribution in [2.24, 2.45) is 0 Å². The molecule has 0 aliphatic heterocycles. The molecule has 0 saturated heterocycles. The number of alkyl halides is 1. The Morgan fingerprint density at radius 1 is 1.41 bits per heavy atom. The maximum atomic E-state index is 5.89. The lowest BCUT2D eigenvalue weighted by atomic mass is 9.91. The lowest BCUT2D eigenvalue weighted by molar-refractivity contribution is 0.388. The van der Waals surface area contributed by atoms with Gasteiger partial charge in [-0.15, -0.1) is 11.6 Å². The van der Waals surface area contributed by atoms with Crippen LogP contribution in [0, 0.1) is 0 Å². The van der Waals surface area contributed by atoms with Gasteiger partial charge in [-0.1, -0.05) is 13.3 Å². The number of hydrogen-bond donors (Lipinski definition) is 0. The molecule has 1 aromatic rings. The first-order valence-corrected chi connectivity index (χ1v) is 7.02. The molecule has 1 fully saturated rings. The Balaban J connectivity index is 2.13. The van der Waals surface area contributed by atoms with E-state index in [4.69, 9.17) is 11.6 Å². The monoisotopic (exact) mass is 253 g/mol. The lowest BCUT2D eigenvalue weighted by Gasteiger charge is -2.38. The molecule has 1 aliphatic rings. The van der Waals surface area contributed by atoms with E-state index in [2.05, 4.69) is 27.9 Å². The van der Waals surface area contributed by atoms with Gasteiger partial charge in [-0.25, -0.2) is 9.97 Å². The Hall–Kier alpha value is -0.830. The van der Waals surface area contributed by atoms with Crippen LogP contribution >= 0.6 is 11.6 Å². The molecule has 0 N–H and O–H groups in total. The van der Waals surface area contributed by atoms with Gasteiger partial charge in [0.05, 0.1) is 0 Å². The van der Waals surface area contributed by atoms with Crippen LogP contribution in [0.3, 0.4) is 0 Å². The van der Waals surface area contributed by atoms with Crippen molar-refractivity contribution in [2.45, 2.75) is 45.1 Å². The summed E-state index contributed by atoms with van der Waals surface area (Å²) in [5.74, 6) is 1.71. The second kappa shape index (κ2) is 6.20. The van der Waals surface area contributed by atoms with E-state index in [9.17, 15) is 0 Å². The van der Waals surface area contributed by atoms with Crippen molar-refractivity contribution in [1.82, 2.24) is 9.97 Å². The summed E-state index contributed by atoms with van der Waals surface area (Å²) < 4.78 is 0. The molecule has 1 aliphatic carbocycles. The molecule has 1 aromatic heterocycles. The molecule has 0 amide bonds. The van der Waals surface area contributed by atoms with Gasteiger partial charge in [0.25, 0.3) is 0 Å². The zero-order valence-corrected chi connectivity index (χ0v) is 11.2. The van der Waals surface area contributed by atoms with Crippen LogP contribution in [-0.2, 0) is 6.42 Å². The van der Waals surface area contributed by atoms with Gasteiger partial charge in [-0.05, 0) is 25.7 Å². The zero-order chi connectivity index (χ0) is 12.1. The maximum Gasteiger partial charge on any atom is 0.132 e. The van der Waals surface area contributed by atoms with E-state index in [-0.39, 0.29) is 0 Å². The van der Waals surface area contributed by atoms with Crippen molar-refractivity contribution in [3.8, 4) is 0 Å². The van der Waals surface area contributed by atoms with Gasteiger partial charge < -0.3 is 4.90 Å². The van der Waals surface area contributed by atoms with Gasteiger partial charge in [0, 0.05) is 30.2 Å². The van der Waals surface area contributed by atoms with Crippen LogP contribution in [0.15, 0.2) is 12.4 Å². The first-order valence-electron chi connectivity index (χ1n) is 6.48. The quantitative estimate of drug-likeness (QED) is 0.730. The number of halogens is 1. The Morgan fingerprint density at radius 3 is 2.82 bits per heavy atom. The fourth-order valence-electron chi connectivity index (χ4n) is 2.21. The molecular formula is C13H20ClN3. The van der Waals surface area contributed by atoms with E-state index < -0.39 is 0 Å². The Morgan fingerprint density at radius 2 is 2.24 bits per heavy atom. The van der Waals surface area contributed by atoms with Crippen LogP contribution in [0.25, 0.3) is 0 Å². The fraction of sp³-hybridized carbons (Fsp3) is 0.692. The van der Waals surface area contributed by atoms with E-state index >= 15 is 0 Å². The molecule has 0 radical (unpaired) electrons. The molecule has 0 aromatic carbocycles. The highest BCUT2D eigenvalue weighted by Gasteiger charge is 2.25. The SMILES string of the molecule is CCCc1cc(N(CCCl)C2CCC2)ncn1. The van der Waals surface area contributed by atoms with Crippen molar-refractivity contribution in [1.29, 1.82) is 0 Å². The molecule has 2 rings (SSSR count). The van der Waals surface area contributed by atoms with Gasteiger partial charge in [-0.2, -0.15) is 0 Å². The van der Waals surface area contributed by atoms with Gasteiger partial charge in [0.1, 0.15) is 12.1 Å². The number of rotatable bonds is 6. The maximum absolute atomic E-state index is 5.89. The number of anilines is 1. The third-order valence-electron chi connectivity index (χ3n) is 3.35. The van der Waals surface area contributed by atoms with Gasteiger partial charge >= 0.3 is 0 Å². The minimum atomic E-state index is 0.637. The molecular weight excluding hydrogens is 234 g/mol. The molecule has 0 unspecified atom stereocenters. The lowest BCUT2D eigenvalue weighted by Crippen LogP contribution is -2.42. The van der Waals surface area contributed by atoms with Crippen molar-refractivity contribution >= 4 is 17.4 Å². The van der Waals surface area contributed by atoms with Crippen LogP contribution in [0.1, 0.15) is 38.3 Å². The average Bonchev–Trinajstić information content (AvgIpc) is 2.27. The minimum absolute atomic E-state index is 0.637. The Kier molecular flexibility index (Phi) is 4.60. The smallest absolute Gasteiger partial charge is 0.132 e. The molecule has 1 heterocycles. The summed E-state index contributed by atoms with van der Waals surface area (Å²) >= 11 is 5.89. The van der Waals surface area contributed by atoms with Crippen LogP contribution < -0.4 is 4.90 Å². The molecule has 0 bridgehead atoms. The standard InChI is InChI=1S/C13H20ClN3/c1-2-4-11-9-13(16-10-15-11)17(8-7-14)12-5-3-6-12/h9-10,12H,2-8H2,1H3. The van der Waals surface area contributed by atoms with Gasteiger partial charge in [0.15, 0.2) is 0 Å². The zero-order valence-electron chi connectivity index (χ0n) is 10.4. The van der Waals surface area contributed by atoms with E-state index in [1.54, 1.807) is 6.33 Å². The third kappa shape index (κ3) is 3.09. The average molecular weight is 254 g/mol. The summed E-state index contributed by atoms with van der Waals surface area (Å²) in [7, 11) is 0. The Bertz CT molecular complexity index is 352. The van der Waals surface area contributed by atoms with E-state index in [0.29, 0.717) is 11.9 Å². The number of hydrogen-bond acceptors (Lipinski definition) is 3. The molecule has 1 saturated carbocycles. The van der Waals surface area contributed by atoms with Crippen molar-refractivity contribution in [2.75, 3.05) is 17.3 Å². The fourth-order valence-corrected chi connectivity index (χ4v) is 2.39. The predicted octanol–water partition coefficient (Wildman–Crippen LogP) is 3.03. The summed E-state index contributed by atoms with van der Waals surface area (Å²) in [6.07, 6.45) is 7.69. The second-order valence-electron chi connectivity index (χ2n) is 4.58. The highest BCUT2D eigenvalue weighted by atomic mass is 35.5. The molecule has 94 valence electrons. The van der Waals surface area contributed by atoms with E-state index in [1.807, 2.05) is 0 Å². The summed E-state index contributed by atoms with van der Waals surface area (Å²) in [5, 5.41) is 0. The van der Waals surface area contributed by atoms with Crippen LogP contribution in [0.5, 0.6) is 0 Å². The predicted molar refractivity (Wildman–Crippen MR) is 71.7 cm³/mol. The number of aromatic nitrogens is 2. The van der Waals surface area contributed by atoms with Crippen LogP contribution in [0.2, 0.25) is 0 Å². The molecule has 17 heavy (non-hydrogen) atoms. The largest absolute Gasteiger partial charge is 0.352 e. The normalized spacial score (nSPS) is 15.6. The van der Waals surface area contributed by atoms with Crippen molar-refractivity contribution < 1.29 is 0 Å². The van der Waals surface area contributed by atoms with Crippen LogP contribution in [0.4, 0.5) is 5.82 Å². The topological polar surface area (TPSA) is 29.0 Å². The number of aryl methyl sites for hydroxylation is 1. The second-order valence-corrected chi connectivity index (χ2v) is 4.96. The van der Waals surface area contributed by atoms with E-state index in [1.165, 1.54) is 19.3 Å². The first-order chi connectivity index (χ1) is 8.35. The van der Waals surface area contributed by atoms with Crippen molar-refractivity contribution in [3.05, 3.63) is 18.1 Å². The molecule has 3 nitrogen and oxygen atoms in total. The first kappa shape index (κ1) is 12.6. The molecule has 4 heteroatoms. The molecule has 0 atom stereocenters.